The van der Waals surface area contributed by atoms with Gasteiger partial charge >= 0.3 is 0 Å². The molecule has 0 spiro atoms. The average molecular weight is 481 g/mol. The minimum absolute atomic E-state index is 0.0317. The van der Waals surface area contributed by atoms with E-state index in [0.29, 0.717) is 9.92 Å². The van der Waals surface area contributed by atoms with Crippen molar-refractivity contribution in [3.05, 3.63) is 39.6 Å². The summed E-state index contributed by atoms with van der Waals surface area (Å²) in [6, 6.07) is 2.04. The fraction of sp³-hybridized carbons (Fsp3) is 0.381. The summed E-state index contributed by atoms with van der Waals surface area (Å²) in [6.07, 6.45) is 0.0317. The van der Waals surface area contributed by atoms with E-state index in [-0.39, 0.29) is 23.3 Å². The van der Waals surface area contributed by atoms with Crippen molar-refractivity contribution in [2.24, 2.45) is 11.7 Å². The number of carbonyl (C=O) groups excluding carboxylic acids is 3. The summed E-state index contributed by atoms with van der Waals surface area (Å²) in [5.41, 5.74) is 1.91. The van der Waals surface area contributed by atoms with Crippen molar-refractivity contribution < 1.29 is 34.4 Å². The van der Waals surface area contributed by atoms with Crippen LogP contribution in [0.4, 0.5) is 0 Å². The van der Waals surface area contributed by atoms with Crippen LogP contribution in [0.3, 0.4) is 0 Å². The fourth-order valence-electron chi connectivity index (χ4n) is 4.84. The molecule has 1 saturated carbocycles. The summed E-state index contributed by atoms with van der Waals surface area (Å²) in [5.74, 6) is -5.39. The number of hydrogen-bond acceptors (Lipinski definition) is 9. The number of fused-ring (bicyclic) bond motifs is 3. The average Bonchev–Trinajstić information content (AvgIpc) is 2.71. The molecule has 1 heterocycles. The Kier molecular flexibility index (Phi) is 5.32. The molecule has 1 amide bonds. The van der Waals surface area contributed by atoms with Gasteiger partial charge in [0.15, 0.2) is 11.4 Å². The number of methoxy groups -OCH3 is 1. The number of aliphatic hydroxyl groups excluding tert-OH is 2. The number of hydrogen-bond donors (Lipinski definition) is 4. The normalized spacial score (nSPS) is 29.6. The maximum Gasteiger partial charge on any atom is 0.255 e. The number of benzene rings is 1. The second-order valence-corrected chi connectivity index (χ2v) is 9.74. The molecule has 4 atom stereocenters. The molecule has 9 nitrogen and oxygen atoms in total. The number of likely N-dealkylation sites (N-methyl/N-ethyl adjacent to an activating group) is 1. The lowest BCUT2D eigenvalue weighted by Gasteiger charge is -2.50. The van der Waals surface area contributed by atoms with E-state index in [1.165, 1.54) is 29.8 Å². The molecule has 1 aromatic rings. The molecule has 170 valence electrons. The summed E-state index contributed by atoms with van der Waals surface area (Å²) in [7, 11) is 4.51. The van der Waals surface area contributed by atoms with Crippen molar-refractivity contribution >= 4 is 46.6 Å². The Balaban J connectivity index is 1.99. The minimum atomic E-state index is -2.61. The molecule has 32 heavy (non-hydrogen) atoms. The highest BCUT2D eigenvalue weighted by atomic mass is 35.5. The van der Waals surface area contributed by atoms with Crippen LogP contribution in [0.2, 0.25) is 5.02 Å². The number of amides is 1. The first-order valence-corrected chi connectivity index (χ1v) is 10.9. The first-order valence-electron chi connectivity index (χ1n) is 9.64. The Hall–Kier alpha value is -2.53. The van der Waals surface area contributed by atoms with Gasteiger partial charge in [-0.2, -0.15) is 0 Å². The van der Waals surface area contributed by atoms with E-state index in [9.17, 15) is 29.7 Å². The first kappa shape index (κ1) is 22.7. The highest BCUT2D eigenvalue weighted by Crippen LogP contribution is 2.56. The van der Waals surface area contributed by atoms with Crippen molar-refractivity contribution in [3.63, 3.8) is 0 Å². The predicted octanol–water partition coefficient (Wildman–Crippen LogP) is 1.22. The van der Waals surface area contributed by atoms with E-state index in [1.54, 1.807) is 20.2 Å². The van der Waals surface area contributed by atoms with Crippen LogP contribution in [-0.2, 0) is 14.4 Å². The topological polar surface area (TPSA) is 150 Å². The third-order valence-corrected chi connectivity index (χ3v) is 8.06. The number of ether oxygens (including phenoxy) is 1. The van der Waals surface area contributed by atoms with Crippen LogP contribution in [0.15, 0.2) is 33.9 Å². The van der Waals surface area contributed by atoms with Gasteiger partial charge in [-0.3, -0.25) is 19.3 Å². The highest BCUT2D eigenvalue weighted by molar-refractivity contribution is 8.00. The third kappa shape index (κ3) is 2.83. The van der Waals surface area contributed by atoms with E-state index in [4.69, 9.17) is 22.1 Å². The molecule has 0 saturated heterocycles. The summed E-state index contributed by atoms with van der Waals surface area (Å²) >= 11 is 7.54. The Morgan fingerprint density at radius 3 is 2.53 bits per heavy atom. The molecule has 5 N–H and O–H groups in total. The second kappa shape index (κ2) is 7.51. The van der Waals surface area contributed by atoms with Gasteiger partial charge in [0.05, 0.1) is 29.3 Å². The molecule has 0 aromatic heterocycles. The summed E-state index contributed by atoms with van der Waals surface area (Å²) in [6.45, 7) is 0. The Bertz CT molecular complexity index is 1150. The van der Waals surface area contributed by atoms with Gasteiger partial charge in [0.1, 0.15) is 22.8 Å². The number of nitrogens with two attached hydrogens (primary N) is 1. The molecule has 3 aliphatic rings. The SMILES string of the molecule is COc1ccc(Cl)c2c1C(O)=C1C(=O)C3(O)C(O)=C(C(N)=O)C(=O)C(N(C)C)C3CC1S2. The van der Waals surface area contributed by atoms with Gasteiger partial charge < -0.3 is 25.8 Å². The Morgan fingerprint density at radius 2 is 1.97 bits per heavy atom. The summed E-state index contributed by atoms with van der Waals surface area (Å²) in [4.78, 5) is 40.5. The highest BCUT2D eigenvalue weighted by Gasteiger charge is 2.64. The number of halogens is 1. The quantitative estimate of drug-likeness (QED) is 0.468. The number of ketones is 2. The van der Waals surface area contributed by atoms with Gasteiger partial charge in [-0.25, -0.2) is 0 Å². The zero-order valence-electron chi connectivity index (χ0n) is 17.4. The van der Waals surface area contributed by atoms with Gasteiger partial charge in [-0.15, -0.1) is 11.8 Å². The smallest absolute Gasteiger partial charge is 0.255 e. The number of nitrogens with zero attached hydrogens (tertiary/aromatic N) is 1. The number of Topliss-reactive ketones (excluding diaryl/α,β-unsaturated/α-hetero) is 2. The number of aliphatic hydroxyl groups is 3. The molecular weight excluding hydrogens is 460 g/mol. The van der Waals surface area contributed by atoms with Gasteiger partial charge in [-0.1, -0.05) is 11.6 Å². The fourth-order valence-corrected chi connectivity index (χ4v) is 6.55. The largest absolute Gasteiger partial charge is 0.508 e. The minimum Gasteiger partial charge on any atom is -0.508 e. The molecule has 2 aliphatic carbocycles. The van der Waals surface area contributed by atoms with E-state index >= 15 is 0 Å². The standard InChI is InChI=1S/C21H21ClN2O7S/c1-24(2)14-7-6-10-12(15(25)11-9(31-3)5-4-8(22)17(11)32-10)18(27)21(7,30)19(28)13(16(14)26)20(23)29/h4-5,7,10,14,25,28,30H,6H2,1-3H3,(H2,23,29). The lowest BCUT2D eigenvalue weighted by Crippen LogP contribution is -2.66. The van der Waals surface area contributed by atoms with Crippen molar-refractivity contribution in [2.45, 2.75) is 28.2 Å². The lowest BCUT2D eigenvalue weighted by atomic mass is 9.62. The Labute approximate surface area is 192 Å². The van der Waals surface area contributed by atoms with Gasteiger partial charge in [0.25, 0.3) is 5.91 Å². The van der Waals surface area contributed by atoms with Crippen molar-refractivity contribution in [1.82, 2.24) is 4.90 Å². The molecule has 1 aliphatic heterocycles. The zero-order valence-corrected chi connectivity index (χ0v) is 19.0. The van der Waals surface area contributed by atoms with E-state index in [2.05, 4.69) is 0 Å². The van der Waals surface area contributed by atoms with Gasteiger partial charge in [0.2, 0.25) is 5.78 Å². The van der Waals surface area contributed by atoms with Crippen LogP contribution in [0.1, 0.15) is 12.0 Å². The number of carbonyl (C=O) groups is 3. The predicted molar refractivity (Wildman–Crippen MR) is 117 cm³/mol. The molecule has 0 radical (unpaired) electrons. The lowest BCUT2D eigenvalue weighted by molar-refractivity contribution is -0.151. The molecule has 11 heteroatoms. The molecular formula is C21H21ClN2O7S. The summed E-state index contributed by atoms with van der Waals surface area (Å²) in [5, 5.41) is 33.0. The van der Waals surface area contributed by atoms with E-state index in [1.807, 2.05) is 0 Å². The van der Waals surface area contributed by atoms with E-state index < -0.39 is 57.4 Å². The first-order chi connectivity index (χ1) is 15.0. The van der Waals surface area contributed by atoms with Crippen molar-refractivity contribution in [2.75, 3.05) is 21.2 Å². The van der Waals surface area contributed by atoms with Crippen LogP contribution in [0, 0.1) is 5.92 Å². The number of thioether (sulfide) groups is 1. The third-order valence-electron chi connectivity index (χ3n) is 6.26. The van der Waals surface area contributed by atoms with E-state index in [0.717, 1.165) is 0 Å². The number of rotatable bonds is 3. The Morgan fingerprint density at radius 1 is 1.31 bits per heavy atom. The molecule has 4 rings (SSSR count). The maximum atomic E-state index is 13.6. The molecule has 1 aromatic carbocycles. The monoisotopic (exact) mass is 480 g/mol. The van der Waals surface area contributed by atoms with Crippen LogP contribution >= 0.6 is 23.4 Å². The van der Waals surface area contributed by atoms with Crippen LogP contribution in [-0.4, -0.2) is 75.8 Å². The molecule has 0 bridgehead atoms. The molecule has 1 fully saturated rings. The number of primary amides is 1. The molecule has 4 unspecified atom stereocenters. The van der Waals surface area contributed by atoms with Gasteiger partial charge in [-0.05, 0) is 32.6 Å². The van der Waals surface area contributed by atoms with Crippen molar-refractivity contribution in [1.29, 1.82) is 0 Å². The van der Waals surface area contributed by atoms with Gasteiger partial charge in [0, 0.05) is 16.1 Å². The van der Waals surface area contributed by atoms with Crippen LogP contribution in [0.5, 0.6) is 5.75 Å². The van der Waals surface area contributed by atoms with Crippen LogP contribution in [0.25, 0.3) is 5.76 Å². The second-order valence-electron chi connectivity index (χ2n) is 8.12. The maximum absolute atomic E-state index is 13.6. The summed E-state index contributed by atoms with van der Waals surface area (Å²) < 4.78 is 5.31. The van der Waals surface area contributed by atoms with Crippen molar-refractivity contribution in [3.8, 4) is 5.75 Å². The van der Waals surface area contributed by atoms with Crippen LogP contribution < -0.4 is 10.5 Å². The zero-order chi connectivity index (χ0) is 23.7.